The van der Waals surface area contributed by atoms with Crippen LogP contribution in [0.3, 0.4) is 0 Å². The lowest BCUT2D eigenvalue weighted by molar-refractivity contribution is 0.0852. The number of anilines is 1. The van der Waals surface area contributed by atoms with E-state index in [1.165, 1.54) is 14.2 Å². The molecule has 0 aromatic heterocycles. The van der Waals surface area contributed by atoms with Crippen LogP contribution in [0.5, 0.6) is 23.0 Å². The molecule has 4 aromatic carbocycles. The summed E-state index contributed by atoms with van der Waals surface area (Å²) in [7, 11) is 3.03. The van der Waals surface area contributed by atoms with E-state index in [1.54, 1.807) is 60.7 Å². The number of halogens is 1. The van der Waals surface area contributed by atoms with Gasteiger partial charge >= 0.3 is 0 Å². The molecule has 2 aliphatic rings. The highest BCUT2D eigenvalue weighted by molar-refractivity contribution is 6.31. The highest BCUT2D eigenvalue weighted by atomic mass is 35.5. The Morgan fingerprint density at radius 1 is 0.784 bits per heavy atom. The first-order valence-electron chi connectivity index (χ1n) is 16.1. The number of oxime groups is 1. The molecule has 0 aliphatic carbocycles. The van der Waals surface area contributed by atoms with Crippen molar-refractivity contribution in [3.05, 3.63) is 110 Å². The van der Waals surface area contributed by atoms with Gasteiger partial charge in [-0.05, 0) is 76.9 Å². The third kappa shape index (κ3) is 7.53. The van der Waals surface area contributed by atoms with Crippen molar-refractivity contribution in [3.63, 3.8) is 0 Å². The smallest absolute Gasteiger partial charge is 0.255 e. The van der Waals surface area contributed by atoms with E-state index in [9.17, 15) is 25.2 Å². The molecule has 0 bridgehead atoms. The molecule has 0 fully saturated rings. The van der Waals surface area contributed by atoms with Gasteiger partial charge in [-0.25, -0.2) is 0 Å². The van der Waals surface area contributed by atoms with E-state index < -0.39 is 12.3 Å². The lowest BCUT2D eigenvalue weighted by Crippen LogP contribution is -2.38. The zero-order valence-electron chi connectivity index (χ0n) is 27.9. The normalized spacial score (nSPS) is 16.4. The van der Waals surface area contributed by atoms with Crippen molar-refractivity contribution in [1.29, 1.82) is 0 Å². The second-order valence-electron chi connectivity index (χ2n) is 11.8. The van der Waals surface area contributed by atoms with Crippen molar-refractivity contribution in [2.75, 3.05) is 32.8 Å². The van der Waals surface area contributed by atoms with Gasteiger partial charge in [0, 0.05) is 33.8 Å². The van der Waals surface area contributed by atoms with Gasteiger partial charge in [-0.3, -0.25) is 4.79 Å². The van der Waals surface area contributed by atoms with Crippen molar-refractivity contribution >= 4 is 28.9 Å². The molecule has 0 saturated carbocycles. The van der Waals surface area contributed by atoms with E-state index in [0.717, 1.165) is 11.1 Å². The Kier molecular flexibility index (Phi) is 11.1. The van der Waals surface area contributed by atoms with E-state index in [1.807, 2.05) is 0 Å². The standard InChI is InChI=1S/C37H38ClN3O10/c1-47-33-12-22(32-15-30(41-51-32)21-10-23(16-42)28(19-45)24(11-21)17-43)13-34(48-2)35(33)50-8-7-49-31-6-3-20(9-25(31)18-44)36-39-29-5-4-26(38)14-27(29)37(46)40-36/h3-6,9-14,32,36,39,42-45H,7-8,15-19H2,1-2H3,(H,40,46). The van der Waals surface area contributed by atoms with Gasteiger partial charge in [0.15, 0.2) is 17.6 Å². The maximum absolute atomic E-state index is 12.7. The van der Waals surface area contributed by atoms with Crippen LogP contribution in [0.15, 0.2) is 65.8 Å². The highest BCUT2D eigenvalue weighted by Crippen LogP contribution is 2.43. The number of ether oxygens (including phenoxy) is 4. The molecule has 2 aliphatic heterocycles. The Hall–Kier alpha value is -5.05. The fourth-order valence-electron chi connectivity index (χ4n) is 6.14. The molecule has 6 rings (SSSR count). The average Bonchev–Trinajstić information content (AvgIpc) is 3.66. The number of rotatable bonds is 14. The molecule has 268 valence electrons. The minimum atomic E-state index is -0.513. The lowest BCUT2D eigenvalue weighted by atomic mass is 9.93. The molecule has 2 atom stereocenters. The van der Waals surface area contributed by atoms with E-state index in [4.69, 9.17) is 35.4 Å². The molecule has 0 saturated heterocycles. The summed E-state index contributed by atoms with van der Waals surface area (Å²) in [5, 5.41) is 50.4. The molecule has 0 spiro atoms. The molecule has 2 heterocycles. The van der Waals surface area contributed by atoms with Crippen molar-refractivity contribution in [2.45, 2.75) is 45.1 Å². The van der Waals surface area contributed by atoms with Gasteiger partial charge in [-0.2, -0.15) is 0 Å². The topological polar surface area (TPSA) is 181 Å². The van der Waals surface area contributed by atoms with Crippen LogP contribution in [0.25, 0.3) is 0 Å². The Morgan fingerprint density at radius 2 is 1.47 bits per heavy atom. The molecule has 1 amide bonds. The number of nitrogens with zero attached hydrogens (tertiary/aromatic N) is 1. The summed E-state index contributed by atoms with van der Waals surface area (Å²) >= 11 is 6.05. The summed E-state index contributed by atoms with van der Waals surface area (Å²) in [6.45, 7) is -0.923. The van der Waals surface area contributed by atoms with Gasteiger partial charge in [-0.1, -0.05) is 22.8 Å². The Bertz CT molecular complexity index is 1900. The first-order valence-corrected chi connectivity index (χ1v) is 16.5. The first-order chi connectivity index (χ1) is 24.8. The number of aliphatic hydroxyl groups excluding tert-OH is 4. The quantitative estimate of drug-likeness (QED) is 0.101. The fourth-order valence-corrected chi connectivity index (χ4v) is 6.31. The number of benzene rings is 4. The van der Waals surface area contributed by atoms with Gasteiger partial charge in [0.25, 0.3) is 5.91 Å². The van der Waals surface area contributed by atoms with E-state index in [2.05, 4.69) is 15.8 Å². The maximum atomic E-state index is 12.7. The number of nitrogens with one attached hydrogen (secondary N) is 2. The first kappa shape index (κ1) is 35.8. The molecule has 2 unspecified atom stereocenters. The van der Waals surface area contributed by atoms with Crippen LogP contribution in [0, 0.1) is 0 Å². The Labute approximate surface area is 298 Å². The van der Waals surface area contributed by atoms with E-state index in [-0.39, 0.29) is 45.5 Å². The lowest BCUT2D eigenvalue weighted by Gasteiger charge is -2.28. The highest BCUT2D eigenvalue weighted by Gasteiger charge is 2.29. The molecular formula is C37H38ClN3O10. The van der Waals surface area contributed by atoms with Gasteiger partial charge in [0.1, 0.15) is 25.1 Å². The van der Waals surface area contributed by atoms with Crippen LogP contribution in [-0.2, 0) is 31.3 Å². The van der Waals surface area contributed by atoms with Crippen molar-refractivity contribution < 1.29 is 49.0 Å². The van der Waals surface area contributed by atoms with Crippen LogP contribution in [-0.4, -0.2) is 59.5 Å². The molecule has 13 nitrogen and oxygen atoms in total. The van der Waals surface area contributed by atoms with E-state index in [0.29, 0.717) is 79.2 Å². The Morgan fingerprint density at radius 3 is 2.12 bits per heavy atom. The number of amides is 1. The Balaban J connectivity index is 1.10. The second-order valence-corrected chi connectivity index (χ2v) is 12.2. The molecule has 14 heteroatoms. The number of methoxy groups -OCH3 is 2. The van der Waals surface area contributed by atoms with Crippen LogP contribution >= 0.6 is 11.6 Å². The summed E-state index contributed by atoms with van der Waals surface area (Å²) < 4.78 is 23.3. The maximum Gasteiger partial charge on any atom is 0.255 e. The third-order valence-corrected chi connectivity index (χ3v) is 9.00. The number of fused-ring (bicyclic) bond motifs is 1. The van der Waals surface area contributed by atoms with Crippen LogP contribution in [0.1, 0.15) is 68.0 Å². The fraction of sp³-hybridized carbons (Fsp3) is 0.297. The molecule has 4 aromatic rings. The summed E-state index contributed by atoms with van der Waals surface area (Å²) in [6, 6.07) is 17.4. The summed E-state index contributed by atoms with van der Waals surface area (Å²) in [4.78, 5) is 18.5. The second kappa shape index (κ2) is 15.9. The predicted octanol–water partition coefficient (Wildman–Crippen LogP) is 4.50. The summed E-state index contributed by atoms with van der Waals surface area (Å²) in [5.41, 5.74) is 5.91. The van der Waals surface area contributed by atoms with E-state index >= 15 is 0 Å². The van der Waals surface area contributed by atoms with Gasteiger partial charge in [-0.15, -0.1) is 0 Å². The van der Waals surface area contributed by atoms with Gasteiger partial charge in [0.05, 0.1) is 51.9 Å². The predicted molar refractivity (Wildman–Crippen MR) is 187 cm³/mol. The zero-order valence-corrected chi connectivity index (χ0v) is 28.7. The third-order valence-electron chi connectivity index (χ3n) is 8.77. The van der Waals surface area contributed by atoms with Crippen LogP contribution < -0.4 is 29.6 Å². The number of carbonyl (C=O) groups is 1. The molecule has 6 N–H and O–H groups in total. The largest absolute Gasteiger partial charge is 0.493 e. The zero-order chi connectivity index (χ0) is 36.1. The number of aliphatic hydroxyl groups is 4. The van der Waals surface area contributed by atoms with Crippen molar-refractivity contribution in [1.82, 2.24) is 5.32 Å². The summed E-state index contributed by atoms with van der Waals surface area (Å²) in [6.07, 6.45) is -0.592. The average molecular weight is 720 g/mol. The molecule has 0 radical (unpaired) electrons. The van der Waals surface area contributed by atoms with Crippen molar-refractivity contribution in [3.8, 4) is 23.0 Å². The monoisotopic (exact) mass is 719 g/mol. The minimum Gasteiger partial charge on any atom is -0.493 e. The number of hydrogen-bond donors (Lipinski definition) is 6. The van der Waals surface area contributed by atoms with Gasteiger partial charge in [0.2, 0.25) is 5.75 Å². The molecule has 51 heavy (non-hydrogen) atoms. The SMILES string of the molecule is COc1cc(C2CC(c3cc(CO)c(CO)c(CO)c3)=NO2)cc(OC)c1OCCOc1ccc(C2NC(=O)c3cc(Cl)ccc3N2)cc1CO. The van der Waals surface area contributed by atoms with Crippen LogP contribution in [0.4, 0.5) is 5.69 Å². The van der Waals surface area contributed by atoms with Crippen molar-refractivity contribution in [2.24, 2.45) is 5.16 Å². The molecular weight excluding hydrogens is 682 g/mol. The number of hydrogen-bond acceptors (Lipinski definition) is 12. The van der Waals surface area contributed by atoms with Crippen LogP contribution in [0.2, 0.25) is 5.02 Å². The summed E-state index contributed by atoms with van der Waals surface area (Å²) in [5.74, 6) is 1.39. The minimum absolute atomic E-state index is 0.121. The van der Waals surface area contributed by atoms with Gasteiger partial charge < -0.3 is 54.8 Å². The number of carbonyl (C=O) groups excluding carboxylic acids is 1.